The molecule has 0 aromatic carbocycles. The van der Waals surface area contributed by atoms with Crippen molar-refractivity contribution in [2.75, 3.05) is 32.8 Å². The molecule has 1 heterocycles. The van der Waals surface area contributed by atoms with Crippen LogP contribution >= 0.6 is 0 Å². The van der Waals surface area contributed by atoms with E-state index in [1.54, 1.807) is 0 Å². The van der Waals surface area contributed by atoms with Gasteiger partial charge in [0.05, 0.1) is 6.54 Å². The normalized spacial score (nSPS) is 25.1. The number of nitrogens with zero attached hydrogens (tertiary/aromatic N) is 1. The minimum Gasteiger partial charge on any atom is -0.382 e. The van der Waals surface area contributed by atoms with Crippen LogP contribution in [0.25, 0.3) is 0 Å². The Morgan fingerprint density at radius 2 is 2.10 bits per heavy atom. The van der Waals surface area contributed by atoms with Crippen LogP contribution in [0.15, 0.2) is 0 Å². The predicted octanol–water partition coefficient (Wildman–Crippen LogP) is 2.04. The zero-order valence-corrected chi connectivity index (χ0v) is 13.3. The highest BCUT2D eigenvalue weighted by atomic mass is 16.5. The number of hydrogen-bond donors (Lipinski definition) is 1. The zero-order chi connectivity index (χ0) is 14.6. The number of carbonyl (C=O) groups excluding carboxylic acids is 1. The Labute approximate surface area is 123 Å². The molecule has 1 atom stereocenters. The summed E-state index contributed by atoms with van der Waals surface area (Å²) in [6.45, 7) is 10.6. The smallest absolute Gasteiger partial charge is 0.234 e. The molecule has 20 heavy (non-hydrogen) atoms. The van der Waals surface area contributed by atoms with E-state index in [0.717, 1.165) is 32.2 Å². The second-order valence-corrected chi connectivity index (χ2v) is 6.75. The molecule has 2 fully saturated rings. The fourth-order valence-electron chi connectivity index (χ4n) is 3.55. The Morgan fingerprint density at radius 3 is 2.70 bits per heavy atom. The number of likely N-dealkylation sites (tertiary alicyclic amines) is 1. The van der Waals surface area contributed by atoms with Crippen molar-refractivity contribution >= 4 is 5.91 Å². The van der Waals surface area contributed by atoms with E-state index in [9.17, 15) is 4.79 Å². The minimum absolute atomic E-state index is 0.166. The topological polar surface area (TPSA) is 41.6 Å². The van der Waals surface area contributed by atoms with Gasteiger partial charge < -0.3 is 10.1 Å². The Balaban J connectivity index is 1.65. The average Bonchev–Trinajstić information content (AvgIpc) is 3.05. The highest BCUT2D eigenvalue weighted by Crippen LogP contribution is 2.60. The van der Waals surface area contributed by atoms with Crippen LogP contribution < -0.4 is 5.32 Å². The van der Waals surface area contributed by atoms with Gasteiger partial charge in [-0.2, -0.15) is 0 Å². The number of carbonyl (C=O) groups is 1. The summed E-state index contributed by atoms with van der Waals surface area (Å²) >= 11 is 0. The summed E-state index contributed by atoms with van der Waals surface area (Å²) in [6.07, 6.45) is 5.13. The van der Waals surface area contributed by atoms with Crippen LogP contribution in [0.5, 0.6) is 0 Å². The first kappa shape index (κ1) is 15.8. The molecule has 1 N–H and O–H groups in total. The lowest BCUT2D eigenvalue weighted by molar-refractivity contribution is -0.123. The molecule has 0 aromatic heterocycles. The SMILES string of the molecule is CCOCC[C@H]1CC12CCN(CC(=O)NC(C)C)CC2. The third kappa shape index (κ3) is 4.19. The largest absolute Gasteiger partial charge is 0.382 e. The van der Waals surface area contributed by atoms with Crippen LogP contribution in [0.4, 0.5) is 0 Å². The number of ether oxygens (including phenoxy) is 1. The standard InChI is InChI=1S/C16H30N2O2/c1-4-20-10-5-14-11-16(14)6-8-18(9-7-16)12-15(19)17-13(2)3/h13-14H,4-12H2,1-3H3,(H,17,19)/t14-/m0/s1. The van der Waals surface area contributed by atoms with Gasteiger partial charge in [-0.1, -0.05) is 0 Å². The van der Waals surface area contributed by atoms with E-state index in [4.69, 9.17) is 4.74 Å². The lowest BCUT2D eigenvalue weighted by Crippen LogP contribution is -2.43. The molecule has 1 aliphatic heterocycles. The van der Waals surface area contributed by atoms with Crippen LogP contribution in [-0.4, -0.2) is 49.7 Å². The van der Waals surface area contributed by atoms with Crippen LogP contribution in [0.1, 0.15) is 46.5 Å². The molecule has 4 nitrogen and oxygen atoms in total. The molecule has 0 radical (unpaired) electrons. The van der Waals surface area contributed by atoms with E-state index < -0.39 is 0 Å². The van der Waals surface area contributed by atoms with Crippen molar-refractivity contribution in [1.29, 1.82) is 0 Å². The maximum Gasteiger partial charge on any atom is 0.234 e. The molecule has 0 unspecified atom stereocenters. The van der Waals surface area contributed by atoms with Gasteiger partial charge in [0.15, 0.2) is 0 Å². The molecule has 1 spiro atoms. The lowest BCUT2D eigenvalue weighted by atomic mass is 9.90. The number of piperidine rings is 1. The van der Waals surface area contributed by atoms with Crippen molar-refractivity contribution in [1.82, 2.24) is 10.2 Å². The highest BCUT2D eigenvalue weighted by Gasteiger charge is 2.53. The second kappa shape index (κ2) is 6.90. The van der Waals surface area contributed by atoms with E-state index in [0.29, 0.717) is 12.0 Å². The average molecular weight is 282 g/mol. The molecular formula is C16H30N2O2. The summed E-state index contributed by atoms with van der Waals surface area (Å²) in [6, 6.07) is 0.241. The second-order valence-electron chi connectivity index (χ2n) is 6.75. The Morgan fingerprint density at radius 1 is 1.40 bits per heavy atom. The molecule has 0 aromatic rings. The van der Waals surface area contributed by atoms with E-state index in [2.05, 4.69) is 17.1 Å². The molecule has 1 aliphatic carbocycles. The van der Waals surface area contributed by atoms with Gasteiger partial charge in [-0.05, 0) is 70.9 Å². The first-order valence-corrected chi connectivity index (χ1v) is 8.15. The van der Waals surface area contributed by atoms with E-state index >= 15 is 0 Å². The van der Waals surface area contributed by atoms with Crippen molar-refractivity contribution in [2.24, 2.45) is 11.3 Å². The molecular weight excluding hydrogens is 252 g/mol. The monoisotopic (exact) mass is 282 g/mol. The predicted molar refractivity (Wildman–Crippen MR) is 80.6 cm³/mol. The number of nitrogens with one attached hydrogen (secondary N) is 1. The molecule has 2 aliphatic rings. The van der Waals surface area contributed by atoms with Gasteiger partial charge >= 0.3 is 0 Å². The summed E-state index contributed by atoms with van der Waals surface area (Å²) in [7, 11) is 0. The third-order valence-electron chi connectivity index (χ3n) is 4.84. The summed E-state index contributed by atoms with van der Waals surface area (Å²) in [5, 5.41) is 2.97. The van der Waals surface area contributed by atoms with Crippen molar-refractivity contribution < 1.29 is 9.53 Å². The van der Waals surface area contributed by atoms with Gasteiger partial charge in [0.1, 0.15) is 0 Å². The van der Waals surface area contributed by atoms with Crippen molar-refractivity contribution in [3.63, 3.8) is 0 Å². The zero-order valence-electron chi connectivity index (χ0n) is 13.3. The van der Waals surface area contributed by atoms with Gasteiger partial charge in [0.2, 0.25) is 5.91 Å². The quantitative estimate of drug-likeness (QED) is 0.727. The number of rotatable bonds is 7. The van der Waals surface area contributed by atoms with Gasteiger partial charge in [-0.15, -0.1) is 0 Å². The van der Waals surface area contributed by atoms with Crippen LogP contribution in [0.3, 0.4) is 0 Å². The molecule has 2 rings (SSSR count). The van der Waals surface area contributed by atoms with Gasteiger partial charge in [-0.25, -0.2) is 0 Å². The Bertz CT molecular complexity index is 322. The molecule has 0 bridgehead atoms. The van der Waals surface area contributed by atoms with E-state index in [-0.39, 0.29) is 11.9 Å². The molecule has 116 valence electrons. The first-order chi connectivity index (χ1) is 9.55. The summed E-state index contributed by atoms with van der Waals surface area (Å²) in [5.74, 6) is 1.04. The molecule has 1 saturated heterocycles. The molecule has 4 heteroatoms. The van der Waals surface area contributed by atoms with Crippen molar-refractivity contribution in [3.05, 3.63) is 0 Å². The van der Waals surface area contributed by atoms with Gasteiger partial charge in [0.25, 0.3) is 0 Å². The van der Waals surface area contributed by atoms with Gasteiger partial charge in [-0.3, -0.25) is 9.69 Å². The van der Waals surface area contributed by atoms with Crippen molar-refractivity contribution in [3.8, 4) is 0 Å². The summed E-state index contributed by atoms with van der Waals surface area (Å²) in [4.78, 5) is 14.1. The minimum atomic E-state index is 0.166. The maximum atomic E-state index is 11.8. The van der Waals surface area contributed by atoms with E-state index in [1.807, 2.05) is 13.8 Å². The van der Waals surface area contributed by atoms with E-state index in [1.165, 1.54) is 25.7 Å². The Hall–Kier alpha value is -0.610. The van der Waals surface area contributed by atoms with Crippen molar-refractivity contribution in [2.45, 2.75) is 52.5 Å². The fraction of sp³-hybridized carbons (Fsp3) is 0.938. The molecule has 1 amide bonds. The Kier molecular flexibility index (Phi) is 5.44. The van der Waals surface area contributed by atoms with Crippen LogP contribution in [-0.2, 0) is 9.53 Å². The van der Waals surface area contributed by atoms with Crippen LogP contribution in [0.2, 0.25) is 0 Å². The first-order valence-electron chi connectivity index (χ1n) is 8.15. The lowest BCUT2D eigenvalue weighted by Gasteiger charge is -2.32. The number of amides is 1. The summed E-state index contributed by atoms with van der Waals surface area (Å²) < 4.78 is 5.47. The highest BCUT2D eigenvalue weighted by molar-refractivity contribution is 5.78. The van der Waals surface area contributed by atoms with Crippen LogP contribution in [0, 0.1) is 11.3 Å². The number of hydrogen-bond acceptors (Lipinski definition) is 3. The third-order valence-corrected chi connectivity index (χ3v) is 4.84. The van der Waals surface area contributed by atoms with Gasteiger partial charge in [0, 0.05) is 19.3 Å². The maximum absolute atomic E-state index is 11.8. The molecule has 1 saturated carbocycles. The summed E-state index contributed by atoms with van der Waals surface area (Å²) in [5.41, 5.74) is 0.599. The fourth-order valence-corrected chi connectivity index (χ4v) is 3.55.